The molecule has 0 saturated heterocycles. The monoisotopic (exact) mass is 530 g/mol. The Bertz CT molecular complexity index is 347. The van der Waals surface area contributed by atoms with Crippen LogP contribution in [-0.4, -0.2) is 30.7 Å². The van der Waals surface area contributed by atoms with Gasteiger partial charge in [0.1, 0.15) is 0 Å². The van der Waals surface area contributed by atoms with Crippen molar-refractivity contribution in [1.29, 1.82) is 0 Å². The largest absolute Gasteiger partial charge is 1.00 e. The van der Waals surface area contributed by atoms with E-state index in [9.17, 15) is 0 Å². The van der Waals surface area contributed by atoms with E-state index >= 15 is 0 Å². The van der Waals surface area contributed by atoms with Crippen LogP contribution in [0.5, 0.6) is 0 Å². The van der Waals surface area contributed by atoms with Gasteiger partial charge >= 0.3 is 0 Å². The molecule has 0 fully saturated rings. The summed E-state index contributed by atoms with van der Waals surface area (Å²) >= 11 is 0. The fourth-order valence-electron chi connectivity index (χ4n) is 5.90. The minimum Gasteiger partial charge on any atom is -1.00 e. The molecule has 1 nitrogen and oxygen atoms in total. The van der Waals surface area contributed by atoms with Crippen molar-refractivity contribution in [2.75, 3.05) is 26.2 Å². The van der Waals surface area contributed by atoms with Crippen LogP contribution in [0, 0.1) is 0 Å². The number of unbranched alkanes of at least 4 members (excludes halogenated alkanes) is 24. The topological polar surface area (TPSA) is 0 Å². The molecule has 0 amide bonds. The Labute approximate surface area is 237 Å². The van der Waals surface area contributed by atoms with E-state index in [-0.39, 0.29) is 12.4 Å². The summed E-state index contributed by atoms with van der Waals surface area (Å²) in [5, 5.41) is 0. The van der Waals surface area contributed by atoms with E-state index < -0.39 is 0 Å². The Morgan fingerprint density at radius 2 is 0.472 bits per heavy atom. The average Bonchev–Trinajstić information content (AvgIpc) is 2.88. The molecule has 0 spiro atoms. The Balaban J connectivity index is 0. The Morgan fingerprint density at radius 3 is 0.667 bits per heavy atom. The van der Waals surface area contributed by atoms with E-state index in [2.05, 4.69) is 27.7 Å². The first-order valence-electron chi connectivity index (χ1n) is 17.1. The molecule has 0 rings (SSSR count). The highest BCUT2D eigenvalue weighted by molar-refractivity contribution is 4.52. The third-order valence-electron chi connectivity index (χ3n) is 8.81. The third kappa shape index (κ3) is 25.9. The fraction of sp³-hybridized carbons (Fsp3) is 1.00. The number of halogens is 1. The molecule has 0 atom stereocenters. The molecule has 220 valence electrons. The molecule has 0 aromatic carbocycles. The van der Waals surface area contributed by atoms with Gasteiger partial charge in [-0.15, -0.1) is 0 Å². The summed E-state index contributed by atoms with van der Waals surface area (Å²) in [7, 11) is 0. The van der Waals surface area contributed by atoms with Crippen LogP contribution in [0.1, 0.15) is 195 Å². The van der Waals surface area contributed by atoms with Crippen molar-refractivity contribution in [3.05, 3.63) is 0 Å². The maximum absolute atomic E-state index is 2.44. The van der Waals surface area contributed by atoms with Gasteiger partial charge in [0.25, 0.3) is 0 Å². The molecule has 0 saturated carbocycles. The molecule has 0 aliphatic carbocycles. The van der Waals surface area contributed by atoms with Crippen LogP contribution in [0.4, 0.5) is 0 Å². The third-order valence-corrected chi connectivity index (χ3v) is 8.81. The quantitative estimate of drug-likeness (QED) is 0.0642. The van der Waals surface area contributed by atoms with Crippen LogP contribution in [-0.2, 0) is 0 Å². The van der Waals surface area contributed by atoms with Crippen LogP contribution in [0.2, 0.25) is 0 Å². The van der Waals surface area contributed by atoms with E-state index in [1.165, 1.54) is 198 Å². The van der Waals surface area contributed by atoms with Gasteiger partial charge in [-0.3, -0.25) is 0 Å². The molecule has 0 heterocycles. The molecular weight excluding hydrogens is 458 g/mol. The molecule has 0 aliphatic heterocycles. The second kappa shape index (κ2) is 31.5. The predicted octanol–water partition coefficient (Wildman–Crippen LogP) is 9.03. The molecule has 36 heavy (non-hydrogen) atoms. The SMILES string of the molecule is CCCCCCCCCCCCCCC[N+](CC)(CC)CCCCCCCCCCCCCCC.[Cl-]. The van der Waals surface area contributed by atoms with Gasteiger partial charge in [0.2, 0.25) is 0 Å². The van der Waals surface area contributed by atoms with Gasteiger partial charge in [0, 0.05) is 0 Å². The molecule has 0 radical (unpaired) electrons. The maximum atomic E-state index is 2.44. The first-order chi connectivity index (χ1) is 17.2. The van der Waals surface area contributed by atoms with Crippen molar-refractivity contribution in [2.24, 2.45) is 0 Å². The summed E-state index contributed by atoms with van der Waals surface area (Å²) in [4.78, 5) is 0. The molecule has 0 aromatic heterocycles. The van der Waals surface area contributed by atoms with E-state index in [0.717, 1.165) is 0 Å². The van der Waals surface area contributed by atoms with Gasteiger partial charge in [-0.05, 0) is 39.5 Å². The standard InChI is InChI=1S/C34H72N.ClH/c1-5-9-11-13-15-17-19-21-23-25-27-29-31-33-35(7-3,8-4)34-32-30-28-26-24-22-20-18-16-14-12-10-6-2;/h5-34H2,1-4H3;1H/q+1;/p-1. The molecule has 0 N–H and O–H groups in total. The van der Waals surface area contributed by atoms with E-state index in [0.29, 0.717) is 0 Å². The second-order valence-corrected chi connectivity index (χ2v) is 11.9. The lowest BCUT2D eigenvalue weighted by Crippen LogP contribution is -3.00. The summed E-state index contributed by atoms with van der Waals surface area (Å²) in [6.07, 6.45) is 38.1. The first kappa shape index (κ1) is 38.4. The Morgan fingerprint density at radius 1 is 0.278 bits per heavy atom. The summed E-state index contributed by atoms with van der Waals surface area (Å²) in [5.41, 5.74) is 0. The molecule has 0 aromatic rings. The van der Waals surface area contributed by atoms with Crippen molar-refractivity contribution < 1.29 is 16.9 Å². The van der Waals surface area contributed by atoms with Crippen LogP contribution in [0.25, 0.3) is 0 Å². The van der Waals surface area contributed by atoms with Crippen molar-refractivity contribution in [2.45, 2.75) is 195 Å². The van der Waals surface area contributed by atoms with E-state index in [1.54, 1.807) is 0 Å². The predicted molar refractivity (Wildman–Crippen MR) is 162 cm³/mol. The lowest BCUT2D eigenvalue weighted by molar-refractivity contribution is -0.925. The van der Waals surface area contributed by atoms with Gasteiger partial charge in [0.15, 0.2) is 0 Å². The molecule has 0 unspecified atom stereocenters. The number of quaternary nitrogens is 1. The highest BCUT2D eigenvalue weighted by atomic mass is 35.5. The van der Waals surface area contributed by atoms with Crippen molar-refractivity contribution in [3.8, 4) is 0 Å². The number of hydrogen-bond donors (Lipinski definition) is 0. The average molecular weight is 530 g/mol. The smallest absolute Gasteiger partial charge is 0.0786 e. The van der Waals surface area contributed by atoms with E-state index in [1.807, 2.05) is 0 Å². The van der Waals surface area contributed by atoms with Crippen LogP contribution in [0.3, 0.4) is 0 Å². The second-order valence-electron chi connectivity index (χ2n) is 11.9. The highest BCUT2D eigenvalue weighted by Gasteiger charge is 2.21. The number of rotatable bonds is 30. The van der Waals surface area contributed by atoms with Gasteiger partial charge in [-0.1, -0.05) is 155 Å². The van der Waals surface area contributed by atoms with Gasteiger partial charge < -0.3 is 16.9 Å². The zero-order chi connectivity index (χ0) is 25.7. The van der Waals surface area contributed by atoms with E-state index in [4.69, 9.17) is 0 Å². The Kier molecular flexibility index (Phi) is 33.6. The summed E-state index contributed by atoms with van der Waals surface area (Å²) in [6, 6.07) is 0. The van der Waals surface area contributed by atoms with Gasteiger partial charge in [-0.2, -0.15) is 0 Å². The zero-order valence-corrected chi connectivity index (χ0v) is 26.8. The fourth-order valence-corrected chi connectivity index (χ4v) is 5.90. The summed E-state index contributed by atoms with van der Waals surface area (Å²) in [5.74, 6) is 0. The molecular formula is C34H72ClN. The zero-order valence-electron chi connectivity index (χ0n) is 26.0. The Hall–Kier alpha value is 0.250. The van der Waals surface area contributed by atoms with Crippen molar-refractivity contribution in [3.63, 3.8) is 0 Å². The minimum atomic E-state index is 0. The van der Waals surface area contributed by atoms with Crippen LogP contribution < -0.4 is 12.4 Å². The van der Waals surface area contributed by atoms with Crippen molar-refractivity contribution >= 4 is 0 Å². The van der Waals surface area contributed by atoms with Crippen molar-refractivity contribution in [1.82, 2.24) is 0 Å². The normalized spacial score (nSPS) is 11.7. The molecule has 0 bridgehead atoms. The van der Waals surface area contributed by atoms with Gasteiger partial charge in [0.05, 0.1) is 26.2 Å². The summed E-state index contributed by atoms with van der Waals surface area (Å²) < 4.78 is 1.38. The lowest BCUT2D eigenvalue weighted by atomic mass is 10.0. The minimum absolute atomic E-state index is 0. The van der Waals surface area contributed by atoms with Gasteiger partial charge in [-0.25, -0.2) is 0 Å². The maximum Gasteiger partial charge on any atom is 0.0786 e. The number of nitrogens with zero attached hydrogens (tertiary/aromatic N) is 1. The van der Waals surface area contributed by atoms with Crippen LogP contribution >= 0.6 is 0 Å². The highest BCUT2D eigenvalue weighted by Crippen LogP contribution is 2.17. The van der Waals surface area contributed by atoms with Crippen LogP contribution in [0.15, 0.2) is 0 Å². The summed E-state index contributed by atoms with van der Waals surface area (Å²) in [6.45, 7) is 15.0. The lowest BCUT2D eigenvalue weighted by Gasteiger charge is -2.37. The first-order valence-corrected chi connectivity index (χ1v) is 17.1. The number of hydrogen-bond acceptors (Lipinski definition) is 0. The molecule has 2 heteroatoms. The molecule has 0 aliphatic rings.